The number of nitrogens with one attached hydrogen (secondary N) is 1. The number of carbonyl (C=O) groups is 1. The number of hydrogen-bond acceptors (Lipinski definition) is 7. The molecule has 1 aliphatic heterocycles. The van der Waals surface area contributed by atoms with Gasteiger partial charge in [-0.3, -0.25) is 4.79 Å². The molecule has 1 fully saturated rings. The maximum Gasteiger partial charge on any atom is 0.262 e. The highest BCUT2D eigenvalue weighted by atomic mass is 16.5. The highest BCUT2D eigenvalue weighted by Gasteiger charge is 2.13. The second kappa shape index (κ2) is 10.7. The molecule has 2 heterocycles. The van der Waals surface area contributed by atoms with Gasteiger partial charge in [-0.15, -0.1) is 10.2 Å². The van der Waals surface area contributed by atoms with Gasteiger partial charge in [-0.05, 0) is 43.5 Å². The summed E-state index contributed by atoms with van der Waals surface area (Å²) < 4.78 is 16.1. The van der Waals surface area contributed by atoms with Crippen molar-refractivity contribution in [3.63, 3.8) is 0 Å². The average molecular weight is 449 g/mol. The maximum atomic E-state index is 12.4. The van der Waals surface area contributed by atoms with Crippen molar-refractivity contribution in [3.05, 3.63) is 54.6 Å². The largest absolute Gasteiger partial charge is 0.496 e. The molecular formula is C25H28N4O4. The lowest BCUT2D eigenvalue weighted by Gasteiger charge is -2.27. The molecule has 0 radical (unpaired) electrons. The van der Waals surface area contributed by atoms with Gasteiger partial charge in [0, 0.05) is 42.5 Å². The molecule has 172 valence electrons. The zero-order valence-electron chi connectivity index (χ0n) is 18.9. The highest BCUT2D eigenvalue weighted by Crippen LogP contribution is 2.27. The lowest BCUT2D eigenvalue weighted by Crippen LogP contribution is -2.30. The van der Waals surface area contributed by atoms with Crippen LogP contribution in [-0.2, 0) is 4.79 Å². The summed E-state index contributed by atoms with van der Waals surface area (Å²) in [6.45, 7) is 1.91. The lowest BCUT2D eigenvalue weighted by molar-refractivity contribution is -0.118. The number of piperidine rings is 1. The molecule has 2 aromatic carbocycles. The molecule has 0 atom stereocenters. The normalized spacial score (nSPS) is 13.3. The standard InChI is InChI=1S/C25H28N4O4/c1-31-20-14-21(32-2)16-22(15-20)33-17-25(30)26-19-8-6-7-18(13-19)23-9-10-24(28-27-23)29-11-4-3-5-12-29/h6-10,13-16H,3-5,11-12,17H2,1-2H3,(H,26,30). The van der Waals surface area contributed by atoms with Gasteiger partial charge in [0.05, 0.1) is 19.9 Å². The van der Waals surface area contributed by atoms with E-state index in [1.165, 1.54) is 19.3 Å². The number of aromatic nitrogens is 2. The van der Waals surface area contributed by atoms with Crippen LogP contribution in [0.1, 0.15) is 19.3 Å². The number of benzene rings is 2. The molecule has 1 N–H and O–H groups in total. The fraction of sp³-hybridized carbons (Fsp3) is 0.320. The number of methoxy groups -OCH3 is 2. The molecule has 3 aromatic rings. The van der Waals surface area contributed by atoms with Gasteiger partial charge in [-0.1, -0.05) is 12.1 Å². The number of anilines is 2. The van der Waals surface area contributed by atoms with Crippen LogP contribution in [0.2, 0.25) is 0 Å². The zero-order chi connectivity index (χ0) is 23.0. The van der Waals surface area contributed by atoms with Gasteiger partial charge in [0.15, 0.2) is 12.4 Å². The summed E-state index contributed by atoms with van der Waals surface area (Å²) in [4.78, 5) is 14.7. The molecule has 0 aliphatic carbocycles. The monoisotopic (exact) mass is 448 g/mol. The molecule has 33 heavy (non-hydrogen) atoms. The maximum absolute atomic E-state index is 12.4. The van der Waals surface area contributed by atoms with E-state index in [2.05, 4.69) is 20.4 Å². The third-order valence-electron chi connectivity index (χ3n) is 5.47. The molecule has 8 heteroatoms. The van der Waals surface area contributed by atoms with E-state index < -0.39 is 0 Å². The van der Waals surface area contributed by atoms with Crippen LogP contribution in [-0.4, -0.2) is 50.0 Å². The van der Waals surface area contributed by atoms with Crippen LogP contribution >= 0.6 is 0 Å². The molecule has 1 aromatic heterocycles. The number of ether oxygens (including phenoxy) is 3. The van der Waals surface area contributed by atoms with Crippen LogP contribution < -0.4 is 24.4 Å². The van der Waals surface area contributed by atoms with Crippen molar-refractivity contribution in [2.45, 2.75) is 19.3 Å². The highest BCUT2D eigenvalue weighted by molar-refractivity contribution is 5.92. The van der Waals surface area contributed by atoms with E-state index in [0.29, 0.717) is 22.9 Å². The van der Waals surface area contributed by atoms with Crippen molar-refractivity contribution in [3.8, 4) is 28.5 Å². The van der Waals surface area contributed by atoms with E-state index in [-0.39, 0.29) is 12.5 Å². The second-order valence-electron chi connectivity index (χ2n) is 7.79. The number of carbonyl (C=O) groups excluding carboxylic acids is 1. The van der Waals surface area contributed by atoms with Gasteiger partial charge in [0.1, 0.15) is 17.2 Å². The van der Waals surface area contributed by atoms with Crippen LogP contribution in [0.25, 0.3) is 11.3 Å². The third kappa shape index (κ3) is 5.91. The Bertz CT molecular complexity index is 1060. The summed E-state index contributed by atoms with van der Waals surface area (Å²) in [5, 5.41) is 11.7. The molecule has 1 amide bonds. The van der Waals surface area contributed by atoms with Crippen molar-refractivity contribution in [2.75, 3.05) is 44.1 Å². The van der Waals surface area contributed by atoms with Crippen LogP contribution in [0.3, 0.4) is 0 Å². The Balaban J connectivity index is 1.37. The molecule has 0 unspecified atom stereocenters. The third-order valence-corrected chi connectivity index (χ3v) is 5.47. The summed E-state index contributed by atoms with van der Waals surface area (Å²) in [5.41, 5.74) is 2.29. The van der Waals surface area contributed by atoms with E-state index in [9.17, 15) is 4.79 Å². The zero-order valence-corrected chi connectivity index (χ0v) is 18.9. The van der Waals surface area contributed by atoms with Crippen LogP contribution in [0.4, 0.5) is 11.5 Å². The number of hydrogen-bond donors (Lipinski definition) is 1. The quantitative estimate of drug-likeness (QED) is 0.554. The predicted molar refractivity (Wildman–Crippen MR) is 127 cm³/mol. The van der Waals surface area contributed by atoms with Crippen LogP contribution in [0.5, 0.6) is 17.2 Å². The number of amides is 1. The first kappa shape index (κ1) is 22.4. The Labute approximate surface area is 193 Å². The fourth-order valence-corrected chi connectivity index (χ4v) is 3.74. The second-order valence-corrected chi connectivity index (χ2v) is 7.79. The topological polar surface area (TPSA) is 85.8 Å². The Kier molecular flexibility index (Phi) is 7.24. The smallest absolute Gasteiger partial charge is 0.262 e. The summed E-state index contributed by atoms with van der Waals surface area (Å²) in [6.07, 6.45) is 3.67. The number of rotatable bonds is 8. The fourth-order valence-electron chi connectivity index (χ4n) is 3.74. The van der Waals surface area contributed by atoms with Crippen molar-refractivity contribution >= 4 is 17.4 Å². The van der Waals surface area contributed by atoms with Gasteiger partial charge >= 0.3 is 0 Å². The molecule has 8 nitrogen and oxygen atoms in total. The first-order valence-electron chi connectivity index (χ1n) is 11.0. The Morgan fingerprint density at radius 2 is 1.64 bits per heavy atom. The minimum atomic E-state index is -0.277. The van der Waals surface area contributed by atoms with Crippen molar-refractivity contribution in [2.24, 2.45) is 0 Å². The molecule has 1 saturated heterocycles. The Hall–Kier alpha value is -3.81. The lowest BCUT2D eigenvalue weighted by atomic mass is 10.1. The van der Waals surface area contributed by atoms with Gasteiger partial charge in [-0.25, -0.2) is 0 Å². The van der Waals surface area contributed by atoms with Crippen LogP contribution in [0, 0.1) is 0 Å². The molecule has 0 bridgehead atoms. The van der Waals surface area contributed by atoms with Crippen LogP contribution in [0.15, 0.2) is 54.6 Å². The van der Waals surface area contributed by atoms with Gasteiger partial charge in [-0.2, -0.15) is 0 Å². The first-order chi connectivity index (χ1) is 16.1. The summed E-state index contributed by atoms with van der Waals surface area (Å²) in [6, 6.07) is 16.6. The van der Waals surface area contributed by atoms with Gasteiger partial charge in [0.2, 0.25) is 0 Å². The predicted octanol–water partition coefficient (Wildman–Crippen LogP) is 4.17. The van der Waals surface area contributed by atoms with Gasteiger partial charge < -0.3 is 24.4 Å². The summed E-state index contributed by atoms with van der Waals surface area (Å²) >= 11 is 0. The minimum absolute atomic E-state index is 0.148. The molecular weight excluding hydrogens is 420 g/mol. The Morgan fingerprint density at radius 3 is 2.30 bits per heavy atom. The van der Waals surface area contributed by atoms with E-state index in [1.54, 1.807) is 32.4 Å². The molecule has 1 aliphatic rings. The average Bonchev–Trinajstić information content (AvgIpc) is 2.88. The molecule has 0 spiro atoms. The first-order valence-corrected chi connectivity index (χ1v) is 11.0. The minimum Gasteiger partial charge on any atom is -0.496 e. The van der Waals surface area contributed by atoms with E-state index in [4.69, 9.17) is 14.2 Å². The van der Waals surface area contributed by atoms with Crippen molar-refractivity contribution in [1.29, 1.82) is 0 Å². The number of nitrogens with zero attached hydrogens (tertiary/aromatic N) is 3. The van der Waals surface area contributed by atoms with E-state index in [1.807, 2.05) is 36.4 Å². The van der Waals surface area contributed by atoms with Gasteiger partial charge in [0.25, 0.3) is 5.91 Å². The molecule has 4 rings (SSSR count). The van der Waals surface area contributed by atoms with E-state index >= 15 is 0 Å². The summed E-state index contributed by atoms with van der Waals surface area (Å²) in [7, 11) is 3.12. The van der Waals surface area contributed by atoms with Crippen molar-refractivity contribution in [1.82, 2.24) is 10.2 Å². The summed E-state index contributed by atoms with van der Waals surface area (Å²) in [5.74, 6) is 2.30. The van der Waals surface area contributed by atoms with Crippen molar-refractivity contribution < 1.29 is 19.0 Å². The molecule has 0 saturated carbocycles. The van der Waals surface area contributed by atoms with E-state index in [0.717, 1.165) is 30.2 Å². The SMILES string of the molecule is COc1cc(OC)cc(OCC(=O)Nc2cccc(-c3ccc(N4CCCCC4)nn3)c2)c1. The Morgan fingerprint density at radius 1 is 0.909 bits per heavy atom.